The maximum absolute atomic E-state index is 12.4. The first-order chi connectivity index (χ1) is 12.1. The Bertz CT molecular complexity index is 987. The van der Waals surface area contributed by atoms with Gasteiger partial charge in [0.05, 0.1) is 15.1 Å². The molecule has 0 fully saturated rings. The van der Waals surface area contributed by atoms with E-state index in [1.54, 1.807) is 24.3 Å². The Morgan fingerprint density at radius 3 is 2.88 bits per heavy atom. The standard InChI is InChI=1S/C16H11N3O5S/c20-15(13-8-23-11-3-1-2-4-12(11)24-13)18-16-17-10-6-5-9(19(21)22)7-14(10)25-16/h1-7,13H,8H2,(H,17,18,20)/t13-/m1/s1. The zero-order chi connectivity index (χ0) is 17.4. The van der Waals surface area contributed by atoms with Crippen LogP contribution >= 0.6 is 11.3 Å². The summed E-state index contributed by atoms with van der Waals surface area (Å²) in [6.07, 6.45) is -0.795. The summed E-state index contributed by atoms with van der Waals surface area (Å²) in [5.41, 5.74) is 0.562. The second-order valence-electron chi connectivity index (χ2n) is 5.28. The molecule has 1 aromatic heterocycles. The first kappa shape index (κ1) is 15.3. The topological polar surface area (TPSA) is 104 Å². The molecule has 1 N–H and O–H groups in total. The molecule has 0 radical (unpaired) electrons. The minimum Gasteiger partial charge on any atom is -0.485 e. The average Bonchev–Trinajstić information content (AvgIpc) is 3.02. The van der Waals surface area contributed by atoms with E-state index in [9.17, 15) is 14.9 Å². The molecule has 3 aromatic rings. The highest BCUT2D eigenvalue weighted by molar-refractivity contribution is 7.22. The molecule has 1 aliphatic heterocycles. The quantitative estimate of drug-likeness (QED) is 0.571. The predicted molar refractivity (Wildman–Crippen MR) is 91.3 cm³/mol. The number of hydrogen-bond donors (Lipinski definition) is 1. The predicted octanol–water partition coefficient (Wildman–Crippen LogP) is 2.98. The summed E-state index contributed by atoms with van der Waals surface area (Å²) < 4.78 is 11.8. The molecule has 1 atom stereocenters. The lowest BCUT2D eigenvalue weighted by Crippen LogP contribution is -2.40. The van der Waals surface area contributed by atoms with Crippen LogP contribution in [0.3, 0.4) is 0 Å². The molecule has 4 rings (SSSR count). The maximum atomic E-state index is 12.4. The second-order valence-corrected chi connectivity index (χ2v) is 6.31. The van der Waals surface area contributed by atoms with Crippen LogP contribution in [0.5, 0.6) is 11.5 Å². The zero-order valence-electron chi connectivity index (χ0n) is 12.7. The lowest BCUT2D eigenvalue weighted by Gasteiger charge is -2.25. The number of carbonyl (C=O) groups excluding carboxylic acids is 1. The Labute approximate surface area is 145 Å². The third-order valence-corrected chi connectivity index (χ3v) is 4.55. The fourth-order valence-electron chi connectivity index (χ4n) is 2.41. The molecule has 2 aromatic carbocycles. The number of anilines is 1. The molecule has 1 aliphatic rings. The normalized spacial score (nSPS) is 15.8. The zero-order valence-corrected chi connectivity index (χ0v) is 13.5. The number of aromatic nitrogens is 1. The van der Waals surface area contributed by atoms with Crippen LogP contribution in [0.1, 0.15) is 0 Å². The van der Waals surface area contributed by atoms with Crippen molar-refractivity contribution in [3.63, 3.8) is 0 Å². The first-order valence-corrected chi connectivity index (χ1v) is 8.16. The highest BCUT2D eigenvalue weighted by Gasteiger charge is 2.28. The van der Waals surface area contributed by atoms with Gasteiger partial charge in [-0.3, -0.25) is 20.2 Å². The van der Waals surface area contributed by atoms with Crippen LogP contribution in [0.2, 0.25) is 0 Å². The summed E-state index contributed by atoms with van der Waals surface area (Å²) in [5, 5.41) is 13.9. The molecule has 8 nitrogen and oxygen atoms in total. The Morgan fingerprint density at radius 1 is 1.28 bits per heavy atom. The smallest absolute Gasteiger partial charge is 0.270 e. The van der Waals surface area contributed by atoms with E-state index in [0.717, 1.165) is 11.3 Å². The first-order valence-electron chi connectivity index (χ1n) is 7.34. The molecular weight excluding hydrogens is 346 g/mol. The number of hydrogen-bond acceptors (Lipinski definition) is 7. The molecule has 0 unspecified atom stereocenters. The van der Waals surface area contributed by atoms with Crippen LogP contribution in [0.25, 0.3) is 10.2 Å². The minimum absolute atomic E-state index is 0.0188. The molecule has 1 amide bonds. The Balaban J connectivity index is 1.51. The van der Waals surface area contributed by atoms with E-state index >= 15 is 0 Å². The van der Waals surface area contributed by atoms with Gasteiger partial charge in [0.2, 0.25) is 6.10 Å². The van der Waals surface area contributed by atoms with E-state index < -0.39 is 11.0 Å². The van der Waals surface area contributed by atoms with Crippen LogP contribution in [0, 0.1) is 10.1 Å². The number of nitrogens with one attached hydrogen (secondary N) is 1. The van der Waals surface area contributed by atoms with Crippen molar-refractivity contribution in [2.24, 2.45) is 0 Å². The summed E-state index contributed by atoms with van der Waals surface area (Å²) in [6, 6.07) is 11.5. The van der Waals surface area contributed by atoms with Crippen molar-refractivity contribution in [2.45, 2.75) is 6.10 Å². The number of nitro groups is 1. The van der Waals surface area contributed by atoms with Crippen LogP contribution in [-0.4, -0.2) is 28.5 Å². The highest BCUT2D eigenvalue weighted by atomic mass is 32.1. The Morgan fingerprint density at radius 2 is 2.08 bits per heavy atom. The van der Waals surface area contributed by atoms with Crippen LogP contribution < -0.4 is 14.8 Å². The van der Waals surface area contributed by atoms with Crippen molar-refractivity contribution in [3.8, 4) is 11.5 Å². The van der Waals surface area contributed by atoms with Crippen molar-refractivity contribution in [3.05, 3.63) is 52.6 Å². The number of benzene rings is 2. The molecular formula is C16H11N3O5S. The fraction of sp³-hybridized carbons (Fsp3) is 0.125. The average molecular weight is 357 g/mol. The van der Waals surface area contributed by atoms with E-state index in [1.165, 1.54) is 12.1 Å². The molecule has 0 bridgehead atoms. The molecule has 0 saturated carbocycles. The van der Waals surface area contributed by atoms with Crippen molar-refractivity contribution < 1.29 is 19.2 Å². The number of thiazole rings is 1. The number of fused-ring (bicyclic) bond motifs is 2. The third kappa shape index (κ3) is 2.96. The van der Waals surface area contributed by atoms with Gasteiger partial charge in [-0.15, -0.1) is 0 Å². The Hall–Kier alpha value is -3.20. The van der Waals surface area contributed by atoms with Crippen molar-refractivity contribution in [2.75, 3.05) is 11.9 Å². The van der Waals surface area contributed by atoms with Gasteiger partial charge >= 0.3 is 0 Å². The summed E-state index contributed by atoms with van der Waals surface area (Å²) in [6.45, 7) is 0.0964. The molecule has 25 heavy (non-hydrogen) atoms. The third-order valence-electron chi connectivity index (χ3n) is 3.61. The van der Waals surface area contributed by atoms with Crippen LogP contribution in [-0.2, 0) is 4.79 Å². The molecule has 2 heterocycles. The van der Waals surface area contributed by atoms with Gasteiger partial charge in [0.15, 0.2) is 16.6 Å². The van der Waals surface area contributed by atoms with Crippen molar-refractivity contribution in [1.82, 2.24) is 4.98 Å². The maximum Gasteiger partial charge on any atom is 0.270 e. The summed E-state index contributed by atoms with van der Waals surface area (Å²) in [5.74, 6) is 0.718. The lowest BCUT2D eigenvalue weighted by atomic mass is 10.2. The number of carbonyl (C=O) groups is 1. The van der Waals surface area contributed by atoms with Gasteiger partial charge in [-0.1, -0.05) is 23.5 Å². The molecule has 126 valence electrons. The van der Waals surface area contributed by atoms with E-state index in [1.807, 2.05) is 6.07 Å². The van der Waals surface area contributed by atoms with Gasteiger partial charge in [-0.2, -0.15) is 0 Å². The van der Waals surface area contributed by atoms with E-state index in [2.05, 4.69) is 10.3 Å². The number of nitro benzene ring substituents is 1. The van der Waals surface area contributed by atoms with Gasteiger partial charge in [0.1, 0.15) is 6.61 Å². The molecule has 0 aliphatic carbocycles. The van der Waals surface area contributed by atoms with Crippen molar-refractivity contribution >= 4 is 38.3 Å². The van der Waals surface area contributed by atoms with Gasteiger partial charge in [-0.25, -0.2) is 4.98 Å². The number of para-hydroxylation sites is 2. The van der Waals surface area contributed by atoms with Gasteiger partial charge in [-0.05, 0) is 18.2 Å². The van der Waals surface area contributed by atoms with E-state index in [-0.39, 0.29) is 18.2 Å². The molecule has 9 heteroatoms. The number of nitrogens with zero attached hydrogens (tertiary/aromatic N) is 2. The molecule has 0 saturated heterocycles. The second kappa shape index (κ2) is 6.02. The number of rotatable bonds is 3. The summed E-state index contributed by atoms with van der Waals surface area (Å²) in [7, 11) is 0. The van der Waals surface area contributed by atoms with E-state index in [0.29, 0.717) is 26.8 Å². The Kier molecular flexibility index (Phi) is 3.69. The van der Waals surface area contributed by atoms with E-state index in [4.69, 9.17) is 9.47 Å². The lowest BCUT2D eigenvalue weighted by molar-refractivity contribution is -0.384. The van der Waals surface area contributed by atoms with Gasteiger partial charge in [0, 0.05) is 12.1 Å². The largest absolute Gasteiger partial charge is 0.485 e. The fourth-order valence-corrected chi connectivity index (χ4v) is 3.32. The van der Waals surface area contributed by atoms with Crippen LogP contribution in [0.15, 0.2) is 42.5 Å². The summed E-state index contributed by atoms with van der Waals surface area (Å²) >= 11 is 1.16. The summed E-state index contributed by atoms with van der Waals surface area (Å²) in [4.78, 5) is 27.0. The number of non-ortho nitro benzene ring substituents is 1. The SMILES string of the molecule is O=C(Nc1nc2ccc([N+](=O)[O-])cc2s1)[C@H]1COc2ccccc2O1. The van der Waals surface area contributed by atoms with Gasteiger partial charge < -0.3 is 9.47 Å². The highest BCUT2D eigenvalue weighted by Crippen LogP contribution is 2.32. The van der Waals surface area contributed by atoms with Gasteiger partial charge in [0.25, 0.3) is 11.6 Å². The monoisotopic (exact) mass is 357 g/mol. The molecule has 0 spiro atoms. The van der Waals surface area contributed by atoms with Crippen molar-refractivity contribution in [1.29, 1.82) is 0 Å². The van der Waals surface area contributed by atoms with Crippen LogP contribution in [0.4, 0.5) is 10.8 Å². The number of amides is 1. The number of ether oxygens (including phenoxy) is 2. The minimum atomic E-state index is -0.795.